The maximum Gasteiger partial charge on any atom is 0.255 e. The van der Waals surface area contributed by atoms with Crippen molar-refractivity contribution >= 4 is 22.8 Å². The summed E-state index contributed by atoms with van der Waals surface area (Å²) in [5.41, 5.74) is 2.31. The third-order valence-electron chi connectivity index (χ3n) is 4.49. The predicted octanol–water partition coefficient (Wildman–Crippen LogP) is 3.35. The summed E-state index contributed by atoms with van der Waals surface area (Å²) in [5, 5.41) is 5.78. The molecule has 0 saturated carbocycles. The number of amides is 2. The Morgan fingerprint density at radius 2 is 1.90 bits per heavy atom. The number of aromatic amines is 1. The molecule has 0 unspecified atom stereocenters. The molecule has 1 heterocycles. The first-order chi connectivity index (χ1) is 14.1. The Balaban J connectivity index is 1.43. The van der Waals surface area contributed by atoms with Gasteiger partial charge in [0, 0.05) is 13.0 Å². The molecule has 0 fully saturated rings. The van der Waals surface area contributed by atoms with Crippen molar-refractivity contribution in [2.24, 2.45) is 0 Å². The van der Waals surface area contributed by atoms with Gasteiger partial charge in [-0.3, -0.25) is 9.59 Å². The molecule has 3 aromatic rings. The van der Waals surface area contributed by atoms with E-state index in [9.17, 15) is 9.59 Å². The Labute approximate surface area is 169 Å². The lowest BCUT2D eigenvalue weighted by atomic mass is 10.2. The van der Waals surface area contributed by atoms with E-state index in [0.717, 1.165) is 16.9 Å². The number of H-pyrrole nitrogens is 1. The number of rotatable bonds is 9. The summed E-state index contributed by atoms with van der Waals surface area (Å²) >= 11 is 0. The summed E-state index contributed by atoms with van der Waals surface area (Å²) < 4.78 is 5.48. The third-order valence-corrected chi connectivity index (χ3v) is 4.49. The van der Waals surface area contributed by atoms with Gasteiger partial charge < -0.3 is 20.4 Å². The van der Waals surface area contributed by atoms with Gasteiger partial charge in [-0.05, 0) is 44.5 Å². The molecular weight excluding hydrogens is 368 g/mol. The highest BCUT2D eigenvalue weighted by Gasteiger charge is 2.14. The molecule has 0 aliphatic carbocycles. The van der Waals surface area contributed by atoms with Crippen LogP contribution in [-0.2, 0) is 4.79 Å². The first kappa shape index (κ1) is 20.4. The van der Waals surface area contributed by atoms with Crippen LogP contribution in [0.2, 0.25) is 0 Å². The van der Waals surface area contributed by atoms with E-state index in [1.807, 2.05) is 44.2 Å². The molecule has 2 aromatic carbocycles. The number of carbonyl (C=O) groups excluding carboxylic acids is 2. The Bertz CT molecular complexity index is 950. The molecule has 3 N–H and O–H groups in total. The zero-order valence-electron chi connectivity index (χ0n) is 16.7. The molecule has 7 nitrogen and oxygen atoms in total. The molecular formula is C22H26N4O3. The van der Waals surface area contributed by atoms with E-state index in [4.69, 9.17) is 4.74 Å². The third kappa shape index (κ3) is 5.34. The molecule has 2 amide bonds. The van der Waals surface area contributed by atoms with Crippen LogP contribution in [0.25, 0.3) is 11.0 Å². The minimum Gasteiger partial charge on any atom is -0.493 e. The van der Waals surface area contributed by atoms with E-state index in [1.165, 1.54) is 0 Å². The van der Waals surface area contributed by atoms with Crippen LogP contribution in [-0.4, -0.2) is 34.9 Å². The highest BCUT2D eigenvalue weighted by molar-refractivity contribution is 5.96. The lowest BCUT2D eigenvalue weighted by Crippen LogP contribution is -2.29. The normalized spacial score (nSPS) is 11.8. The van der Waals surface area contributed by atoms with Gasteiger partial charge >= 0.3 is 0 Å². The molecule has 7 heteroatoms. The smallest absolute Gasteiger partial charge is 0.255 e. The second-order valence-electron chi connectivity index (χ2n) is 6.72. The van der Waals surface area contributed by atoms with E-state index in [1.54, 1.807) is 18.2 Å². The van der Waals surface area contributed by atoms with Gasteiger partial charge in [0.2, 0.25) is 5.91 Å². The van der Waals surface area contributed by atoms with Crippen LogP contribution in [0.4, 0.5) is 0 Å². The van der Waals surface area contributed by atoms with Gasteiger partial charge in [-0.15, -0.1) is 0 Å². The van der Waals surface area contributed by atoms with Crippen LogP contribution in [0.1, 0.15) is 48.9 Å². The molecule has 0 saturated heterocycles. The van der Waals surface area contributed by atoms with Gasteiger partial charge in [0.1, 0.15) is 11.6 Å². The Morgan fingerprint density at radius 3 is 2.69 bits per heavy atom. The SMILES string of the molecule is CCOc1ccccc1C(=O)NCCCC(=O)N[C@@H](C)c1nc2ccccc2[nH]1. The number of nitrogens with zero attached hydrogens (tertiary/aromatic N) is 1. The van der Waals surface area contributed by atoms with E-state index < -0.39 is 0 Å². The van der Waals surface area contributed by atoms with Gasteiger partial charge in [-0.2, -0.15) is 0 Å². The van der Waals surface area contributed by atoms with E-state index >= 15 is 0 Å². The summed E-state index contributed by atoms with van der Waals surface area (Å²) in [6, 6.07) is 14.6. The van der Waals surface area contributed by atoms with Gasteiger partial charge in [0.05, 0.1) is 29.2 Å². The molecule has 1 aromatic heterocycles. The molecule has 0 radical (unpaired) electrons. The zero-order chi connectivity index (χ0) is 20.6. The fourth-order valence-corrected chi connectivity index (χ4v) is 3.04. The Hall–Kier alpha value is -3.35. The average molecular weight is 394 g/mol. The van der Waals surface area contributed by atoms with Gasteiger partial charge in [0.15, 0.2) is 0 Å². The molecule has 1 atom stereocenters. The fraction of sp³-hybridized carbons (Fsp3) is 0.318. The van der Waals surface area contributed by atoms with Crippen molar-refractivity contribution < 1.29 is 14.3 Å². The summed E-state index contributed by atoms with van der Waals surface area (Å²) in [7, 11) is 0. The zero-order valence-corrected chi connectivity index (χ0v) is 16.7. The van der Waals surface area contributed by atoms with E-state index in [2.05, 4.69) is 20.6 Å². The summed E-state index contributed by atoms with van der Waals surface area (Å²) in [6.45, 7) is 4.67. The quantitative estimate of drug-likeness (QED) is 0.485. The Morgan fingerprint density at radius 1 is 1.14 bits per heavy atom. The van der Waals surface area contributed by atoms with Gasteiger partial charge in [0.25, 0.3) is 5.91 Å². The maximum atomic E-state index is 12.3. The van der Waals surface area contributed by atoms with Crippen molar-refractivity contribution in [1.29, 1.82) is 0 Å². The summed E-state index contributed by atoms with van der Waals surface area (Å²) in [4.78, 5) is 32.3. The minimum absolute atomic E-state index is 0.0816. The number of ether oxygens (including phenoxy) is 1. The van der Waals surface area contributed by atoms with Crippen molar-refractivity contribution in [3.8, 4) is 5.75 Å². The van der Waals surface area contributed by atoms with Crippen molar-refractivity contribution in [1.82, 2.24) is 20.6 Å². The van der Waals surface area contributed by atoms with Crippen LogP contribution in [0.15, 0.2) is 48.5 Å². The van der Waals surface area contributed by atoms with Crippen molar-refractivity contribution in [3.63, 3.8) is 0 Å². The summed E-state index contributed by atoms with van der Waals surface area (Å²) in [5.74, 6) is 0.998. The van der Waals surface area contributed by atoms with E-state index in [0.29, 0.717) is 37.3 Å². The number of carbonyl (C=O) groups is 2. The number of benzene rings is 2. The van der Waals surface area contributed by atoms with Crippen molar-refractivity contribution in [3.05, 3.63) is 59.9 Å². The topological polar surface area (TPSA) is 96.1 Å². The van der Waals surface area contributed by atoms with Gasteiger partial charge in [-0.1, -0.05) is 24.3 Å². The molecule has 3 rings (SSSR count). The summed E-state index contributed by atoms with van der Waals surface area (Å²) in [6.07, 6.45) is 0.860. The fourth-order valence-electron chi connectivity index (χ4n) is 3.04. The van der Waals surface area contributed by atoms with Crippen molar-refractivity contribution in [2.75, 3.05) is 13.2 Å². The number of hydrogen-bond acceptors (Lipinski definition) is 4. The van der Waals surface area contributed by atoms with Crippen LogP contribution < -0.4 is 15.4 Å². The van der Waals surface area contributed by atoms with Gasteiger partial charge in [-0.25, -0.2) is 4.98 Å². The first-order valence-electron chi connectivity index (χ1n) is 9.82. The average Bonchev–Trinajstić information content (AvgIpc) is 3.16. The molecule has 0 bridgehead atoms. The van der Waals surface area contributed by atoms with Crippen LogP contribution >= 0.6 is 0 Å². The van der Waals surface area contributed by atoms with Crippen LogP contribution in [0.5, 0.6) is 5.75 Å². The number of fused-ring (bicyclic) bond motifs is 1. The molecule has 0 aliphatic heterocycles. The number of nitrogens with one attached hydrogen (secondary N) is 3. The second-order valence-corrected chi connectivity index (χ2v) is 6.72. The standard InChI is InChI=1S/C22H26N4O3/c1-3-29-19-12-7-4-9-16(19)22(28)23-14-8-13-20(27)24-15(2)21-25-17-10-5-6-11-18(17)26-21/h4-7,9-12,15H,3,8,13-14H2,1-2H3,(H,23,28)(H,24,27)(H,25,26)/t15-/m0/s1. The lowest BCUT2D eigenvalue weighted by molar-refractivity contribution is -0.121. The monoisotopic (exact) mass is 394 g/mol. The highest BCUT2D eigenvalue weighted by Crippen LogP contribution is 2.18. The predicted molar refractivity (Wildman–Crippen MR) is 112 cm³/mol. The number of imidazole rings is 1. The molecule has 29 heavy (non-hydrogen) atoms. The molecule has 0 spiro atoms. The van der Waals surface area contributed by atoms with Crippen LogP contribution in [0.3, 0.4) is 0 Å². The minimum atomic E-state index is -0.220. The van der Waals surface area contributed by atoms with E-state index in [-0.39, 0.29) is 17.9 Å². The van der Waals surface area contributed by atoms with Crippen LogP contribution in [0, 0.1) is 0 Å². The molecule has 152 valence electrons. The Kier molecular flexibility index (Phi) is 6.84. The molecule has 0 aliphatic rings. The lowest BCUT2D eigenvalue weighted by Gasteiger charge is -2.12. The number of hydrogen-bond donors (Lipinski definition) is 3. The highest BCUT2D eigenvalue weighted by atomic mass is 16.5. The first-order valence-corrected chi connectivity index (χ1v) is 9.82. The number of aromatic nitrogens is 2. The number of para-hydroxylation sites is 3. The van der Waals surface area contributed by atoms with Crippen molar-refractivity contribution in [2.45, 2.75) is 32.7 Å². The maximum absolute atomic E-state index is 12.3. The largest absolute Gasteiger partial charge is 0.493 e. The second kappa shape index (κ2) is 9.73.